The van der Waals surface area contributed by atoms with Crippen molar-refractivity contribution in [3.8, 4) is 0 Å². The van der Waals surface area contributed by atoms with Crippen molar-refractivity contribution in [3.05, 3.63) is 70.3 Å². The minimum absolute atomic E-state index is 0.0345. The highest BCUT2D eigenvalue weighted by atomic mass is 79.9. The second-order valence-electron chi connectivity index (χ2n) is 5.39. The Morgan fingerprint density at radius 3 is 3.00 bits per heavy atom. The van der Waals surface area contributed by atoms with Crippen LogP contribution in [0.2, 0.25) is 0 Å². The lowest BCUT2D eigenvalue weighted by Crippen LogP contribution is -2.33. The summed E-state index contributed by atoms with van der Waals surface area (Å²) < 4.78 is 16.0. The van der Waals surface area contributed by atoms with Crippen LogP contribution in [-0.2, 0) is 6.42 Å². The van der Waals surface area contributed by atoms with Gasteiger partial charge in [-0.3, -0.25) is 4.79 Å². The Kier molecular flexibility index (Phi) is 4.92. The number of aromatic nitrogens is 2. The minimum atomic E-state index is -0.869. The van der Waals surface area contributed by atoms with Gasteiger partial charge in [0.2, 0.25) is 0 Å². The number of amides is 1. The Morgan fingerprint density at radius 2 is 2.21 bits per heavy atom. The second-order valence-corrected chi connectivity index (χ2v) is 6.25. The number of fused-ring (bicyclic) bond motifs is 1. The third kappa shape index (κ3) is 3.63. The van der Waals surface area contributed by atoms with Gasteiger partial charge in [0, 0.05) is 31.6 Å². The molecule has 7 heteroatoms. The van der Waals surface area contributed by atoms with Crippen molar-refractivity contribution in [1.82, 2.24) is 14.7 Å². The average Bonchev–Trinajstić information content (AvgIpc) is 3.04. The molecule has 2 heterocycles. The normalized spacial score (nSPS) is 12.3. The molecule has 1 aromatic carbocycles. The van der Waals surface area contributed by atoms with E-state index in [1.165, 1.54) is 6.07 Å². The molecule has 0 saturated heterocycles. The molecule has 1 unspecified atom stereocenters. The number of benzene rings is 1. The van der Waals surface area contributed by atoms with Crippen LogP contribution in [0.15, 0.2) is 53.4 Å². The number of aliphatic hydroxyl groups excluding tert-OH is 1. The van der Waals surface area contributed by atoms with Gasteiger partial charge in [0.1, 0.15) is 5.82 Å². The van der Waals surface area contributed by atoms with E-state index in [9.17, 15) is 14.3 Å². The van der Waals surface area contributed by atoms with E-state index in [1.807, 2.05) is 0 Å². The van der Waals surface area contributed by atoms with Crippen molar-refractivity contribution in [2.75, 3.05) is 6.54 Å². The molecule has 1 atom stereocenters. The molecule has 0 spiro atoms. The summed E-state index contributed by atoms with van der Waals surface area (Å²) in [6.07, 6.45) is 4.30. The molecule has 2 N–H and O–H groups in total. The number of carbonyl (C=O) groups excluding carboxylic acids is 1. The van der Waals surface area contributed by atoms with E-state index in [4.69, 9.17) is 0 Å². The van der Waals surface area contributed by atoms with E-state index in [-0.39, 0.29) is 24.7 Å². The topological polar surface area (TPSA) is 66.6 Å². The van der Waals surface area contributed by atoms with Gasteiger partial charge in [-0.15, -0.1) is 0 Å². The van der Waals surface area contributed by atoms with Crippen molar-refractivity contribution in [1.29, 1.82) is 0 Å². The van der Waals surface area contributed by atoms with Crippen LogP contribution in [-0.4, -0.2) is 33.0 Å². The Morgan fingerprint density at radius 1 is 1.42 bits per heavy atom. The largest absolute Gasteiger partial charge is 0.391 e. The SMILES string of the molecule is O=C(NCC(O)Cc1ccccc1F)c1cc(Br)c2nccn2c1. The predicted octanol–water partition coefficient (Wildman–Crippen LogP) is 2.57. The zero-order chi connectivity index (χ0) is 17.1. The Balaban J connectivity index is 1.63. The van der Waals surface area contributed by atoms with Crippen LogP contribution >= 0.6 is 15.9 Å². The van der Waals surface area contributed by atoms with Gasteiger partial charge in [-0.05, 0) is 33.6 Å². The monoisotopic (exact) mass is 391 g/mol. The molecule has 0 radical (unpaired) electrons. The van der Waals surface area contributed by atoms with Crippen molar-refractivity contribution in [3.63, 3.8) is 0 Å². The number of hydrogen-bond acceptors (Lipinski definition) is 3. The Bertz CT molecular complexity index is 881. The van der Waals surface area contributed by atoms with Gasteiger partial charge >= 0.3 is 0 Å². The quantitative estimate of drug-likeness (QED) is 0.702. The summed E-state index contributed by atoms with van der Waals surface area (Å²) in [4.78, 5) is 16.4. The fourth-order valence-corrected chi connectivity index (χ4v) is 2.97. The third-order valence-electron chi connectivity index (χ3n) is 3.62. The van der Waals surface area contributed by atoms with E-state index in [1.54, 1.807) is 47.3 Å². The summed E-state index contributed by atoms with van der Waals surface area (Å²) in [5.41, 5.74) is 1.57. The Hall–Kier alpha value is -2.25. The van der Waals surface area contributed by atoms with Crippen LogP contribution < -0.4 is 5.32 Å². The molecule has 24 heavy (non-hydrogen) atoms. The summed E-state index contributed by atoms with van der Waals surface area (Å²) in [6.45, 7) is 0.0345. The number of aliphatic hydroxyl groups is 1. The molecular formula is C17H15BrFN3O2. The first-order valence-corrected chi connectivity index (χ1v) is 8.16. The van der Waals surface area contributed by atoms with E-state index in [0.717, 1.165) is 0 Å². The maximum Gasteiger partial charge on any atom is 0.252 e. The predicted molar refractivity (Wildman–Crippen MR) is 91.3 cm³/mol. The summed E-state index contributed by atoms with van der Waals surface area (Å²) in [7, 11) is 0. The van der Waals surface area contributed by atoms with Crippen LogP contribution in [0.5, 0.6) is 0 Å². The molecule has 0 saturated carbocycles. The van der Waals surface area contributed by atoms with Gasteiger partial charge in [0.25, 0.3) is 5.91 Å². The van der Waals surface area contributed by atoms with Crippen LogP contribution in [0.4, 0.5) is 4.39 Å². The van der Waals surface area contributed by atoms with E-state index in [2.05, 4.69) is 26.2 Å². The summed E-state index contributed by atoms with van der Waals surface area (Å²) in [6, 6.07) is 7.93. The fraction of sp³-hybridized carbons (Fsp3) is 0.176. The van der Waals surface area contributed by atoms with Gasteiger partial charge in [-0.25, -0.2) is 9.37 Å². The number of carbonyl (C=O) groups is 1. The van der Waals surface area contributed by atoms with Crippen molar-refractivity contribution < 1.29 is 14.3 Å². The molecule has 0 bridgehead atoms. The Labute approximate surface area is 146 Å². The molecule has 0 fully saturated rings. The van der Waals surface area contributed by atoms with Crippen molar-refractivity contribution in [2.24, 2.45) is 0 Å². The number of hydrogen-bond donors (Lipinski definition) is 2. The maximum atomic E-state index is 13.6. The number of nitrogens with one attached hydrogen (secondary N) is 1. The standard InChI is InChI=1S/C17H15BrFN3O2/c18-14-8-12(10-22-6-5-20-16(14)22)17(24)21-9-13(23)7-11-3-1-2-4-15(11)19/h1-6,8,10,13,23H,7,9H2,(H,21,24). The molecule has 3 rings (SSSR count). The van der Waals surface area contributed by atoms with Crippen LogP contribution in [0, 0.1) is 5.82 Å². The first-order valence-electron chi connectivity index (χ1n) is 7.36. The first kappa shape index (κ1) is 16.6. The fourth-order valence-electron chi connectivity index (χ4n) is 2.42. The van der Waals surface area contributed by atoms with Crippen LogP contribution in [0.3, 0.4) is 0 Å². The molecule has 0 aliphatic rings. The third-order valence-corrected chi connectivity index (χ3v) is 4.20. The van der Waals surface area contributed by atoms with Gasteiger partial charge in [0.15, 0.2) is 5.65 Å². The maximum absolute atomic E-state index is 13.6. The minimum Gasteiger partial charge on any atom is -0.391 e. The number of halogens is 2. The smallest absolute Gasteiger partial charge is 0.252 e. The molecular weight excluding hydrogens is 377 g/mol. The lowest BCUT2D eigenvalue weighted by Gasteiger charge is -2.13. The van der Waals surface area contributed by atoms with E-state index < -0.39 is 6.10 Å². The summed E-state index contributed by atoms with van der Waals surface area (Å²) in [5, 5.41) is 12.7. The van der Waals surface area contributed by atoms with Gasteiger partial charge in [-0.1, -0.05) is 18.2 Å². The number of nitrogens with zero attached hydrogens (tertiary/aromatic N) is 2. The molecule has 0 aliphatic carbocycles. The van der Waals surface area contributed by atoms with Gasteiger partial charge < -0.3 is 14.8 Å². The molecule has 3 aromatic rings. The van der Waals surface area contributed by atoms with Crippen molar-refractivity contribution >= 4 is 27.5 Å². The average molecular weight is 392 g/mol. The molecule has 5 nitrogen and oxygen atoms in total. The highest BCUT2D eigenvalue weighted by molar-refractivity contribution is 9.10. The lowest BCUT2D eigenvalue weighted by molar-refractivity contribution is 0.0915. The van der Waals surface area contributed by atoms with Crippen LogP contribution in [0.25, 0.3) is 5.65 Å². The second kappa shape index (κ2) is 7.11. The lowest BCUT2D eigenvalue weighted by atomic mass is 10.1. The zero-order valence-corrected chi connectivity index (χ0v) is 14.2. The van der Waals surface area contributed by atoms with Crippen LogP contribution in [0.1, 0.15) is 15.9 Å². The molecule has 124 valence electrons. The first-order chi connectivity index (χ1) is 11.5. The van der Waals surface area contributed by atoms with Crippen molar-refractivity contribution in [2.45, 2.75) is 12.5 Å². The van der Waals surface area contributed by atoms with Gasteiger partial charge in [-0.2, -0.15) is 0 Å². The number of rotatable bonds is 5. The van der Waals surface area contributed by atoms with Gasteiger partial charge in [0.05, 0.1) is 16.1 Å². The highest BCUT2D eigenvalue weighted by Crippen LogP contribution is 2.18. The summed E-state index contributed by atoms with van der Waals surface area (Å²) in [5.74, 6) is -0.684. The zero-order valence-electron chi connectivity index (χ0n) is 12.6. The highest BCUT2D eigenvalue weighted by Gasteiger charge is 2.13. The van der Waals surface area contributed by atoms with E-state index >= 15 is 0 Å². The number of pyridine rings is 1. The molecule has 2 aromatic heterocycles. The molecule has 0 aliphatic heterocycles. The number of imidazole rings is 1. The van der Waals surface area contributed by atoms with E-state index in [0.29, 0.717) is 21.2 Å². The summed E-state index contributed by atoms with van der Waals surface area (Å²) >= 11 is 3.37. The molecule has 1 amide bonds.